The van der Waals surface area contributed by atoms with Gasteiger partial charge in [0, 0.05) is 22.6 Å². The first-order chi connectivity index (χ1) is 22.4. The predicted molar refractivity (Wildman–Crippen MR) is 163 cm³/mol. The fourth-order valence-electron chi connectivity index (χ4n) is 6.54. The van der Waals surface area contributed by atoms with E-state index in [1.165, 1.54) is 25.3 Å². The van der Waals surface area contributed by atoms with Gasteiger partial charge in [0.05, 0.1) is 35.6 Å². The Morgan fingerprint density at radius 2 is 1.98 bits per heavy atom. The number of nitrogens with zero attached hydrogens (tertiary/aromatic N) is 6. The third kappa shape index (κ3) is 5.29. The Morgan fingerprint density at radius 3 is 2.72 bits per heavy atom. The topological polar surface area (TPSA) is 140 Å². The molecule has 3 atom stereocenters. The van der Waals surface area contributed by atoms with E-state index in [1.807, 2.05) is 0 Å². The number of alkyl halides is 3. The number of rotatable bonds is 6. The Labute approximate surface area is 264 Å². The van der Waals surface area contributed by atoms with Crippen LogP contribution in [0.1, 0.15) is 49.4 Å². The zero-order valence-corrected chi connectivity index (χ0v) is 25.5. The number of H-pyrrole nitrogens is 1. The van der Waals surface area contributed by atoms with Gasteiger partial charge in [-0.05, 0) is 57.9 Å². The number of nitrogens with two attached hydrogens (primary N) is 1. The highest BCUT2D eigenvalue weighted by Gasteiger charge is 2.40. The summed E-state index contributed by atoms with van der Waals surface area (Å²) in [7, 11) is 0. The van der Waals surface area contributed by atoms with Gasteiger partial charge < -0.3 is 25.4 Å². The molecule has 0 aliphatic carbocycles. The van der Waals surface area contributed by atoms with Crippen LogP contribution in [0.15, 0.2) is 24.5 Å². The van der Waals surface area contributed by atoms with E-state index in [9.17, 15) is 17.6 Å². The standard InChI is InChI=1S/C31H30F5N9O2/c1-13-7-20-19(10-40-44-20)21(23(13)31(34,35)36)25-24(33)26-22-28(43-30(42-26)47-12-17-5-4-6-38-17)45(14(2)11-46-29(22)41-25)15(3)18-8-16(32)9-39-27(18)37/h7-10,14-15,17,38H,4-6,11-12H2,1-3H3,(H2,37,39)(H,40,44)/t14-,15?,17-/m0/s1. The lowest BCUT2D eigenvalue weighted by atomic mass is 9.94. The quantitative estimate of drug-likeness (QED) is 0.197. The molecule has 4 N–H and O–H groups in total. The van der Waals surface area contributed by atoms with Crippen molar-refractivity contribution >= 4 is 33.4 Å². The Morgan fingerprint density at radius 1 is 1.17 bits per heavy atom. The van der Waals surface area contributed by atoms with Gasteiger partial charge in [-0.15, -0.1) is 0 Å². The molecule has 0 saturated carbocycles. The van der Waals surface area contributed by atoms with Crippen LogP contribution in [-0.2, 0) is 6.18 Å². The summed E-state index contributed by atoms with van der Waals surface area (Å²) in [5, 5.41) is 9.92. The summed E-state index contributed by atoms with van der Waals surface area (Å²) in [5.41, 5.74) is 4.08. The average molecular weight is 656 g/mol. The molecule has 7 rings (SSSR count). The Hall–Kier alpha value is -4.86. The molecule has 1 fully saturated rings. The Kier molecular flexibility index (Phi) is 7.49. The highest BCUT2D eigenvalue weighted by Crippen LogP contribution is 2.47. The average Bonchev–Trinajstić information content (AvgIpc) is 3.69. The maximum atomic E-state index is 17.0. The second-order valence-corrected chi connectivity index (χ2v) is 11.9. The number of nitrogens with one attached hydrogen (secondary N) is 2. The summed E-state index contributed by atoms with van der Waals surface area (Å²) >= 11 is 0. The molecule has 1 aromatic carbocycles. The number of anilines is 2. The molecule has 0 amide bonds. The third-order valence-corrected chi connectivity index (χ3v) is 8.72. The van der Waals surface area contributed by atoms with Gasteiger partial charge in [-0.2, -0.15) is 28.2 Å². The summed E-state index contributed by atoms with van der Waals surface area (Å²) in [6.45, 7) is 5.78. The number of pyridine rings is 2. The van der Waals surface area contributed by atoms with Crippen molar-refractivity contribution in [3.8, 4) is 23.1 Å². The maximum Gasteiger partial charge on any atom is 0.417 e. The SMILES string of the molecule is Cc1cc2[nH]ncc2c(-c2nc3c4c(nc(OC[C@@H]5CCCN5)nc4c2F)N(C(C)c2cc(F)cnc2N)[C@@H](C)CO3)c1C(F)(F)F. The molecule has 246 valence electrons. The Bertz CT molecular complexity index is 2010. The van der Waals surface area contributed by atoms with Gasteiger partial charge >= 0.3 is 12.2 Å². The number of aromatic amines is 1. The van der Waals surface area contributed by atoms with Crippen molar-refractivity contribution in [3.05, 3.63) is 52.9 Å². The minimum absolute atomic E-state index is 0.00769. The van der Waals surface area contributed by atoms with E-state index in [-0.39, 0.29) is 70.2 Å². The number of fused-ring (bicyclic) bond motifs is 1. The number of benzene rings is 1. The van der Waals surface area contributed by atoms with Gasteiger partial charge in [0.2, 0.25) is 5.88 Å². The van der Waals surface area contributed by atoms with Crippen LogP contribution >= 0.6 is 0 Å². The summed E-state index contributed by atoms with van der Waals surface area (Å²) in [6.07, 6.45) is -0.863. The van der Waals surface area contributed by atoms with E-state index in [0.717, 1.165) is 25.6 Å². The van der Waals surface area contributed by atoms with Gasteiger partial charge in [0.1, 0.15) is 47.3 Å². The number of hydrogen-bond acceptors (Lipinski definition) is 10. The fraction of sp³-hybridized carbons (Fsp3) is 0.387. The summed E-state index contributed by atoms with van der Waals surface area (Å²) in [5.74, 6) is -1.70. The summed E-state index contributed by atoms with van der Waals surface area (Å²) in [4.78, 5) is 19.1. The molecule has 4 aromatic heterocycles. The van der Waals surface area contributed by atoms with E-state index in [4.69, 9.17) is 15.2 Å². The van der Waals surface area contributed by atoms with Crippen molar-refractivity contribution in [3.63, 3.8) is 0 Å². The largest absolute Gasteiger partial charge is 0.475 e. The van der Waals surface area contributed by atoms with E-state index in [1.54, 1.807) is 18.7 Å². The van der Waals surface area contributed by atoms with E-state index in [2.05, 4.69) is 35.5 Å². The lowest BCUT2D eigenvalue weighted by Gasteiger charge is -2.35. The van der Waals surface area contributed by atoms with Crippen molar-refractivity contribution in [2.75, 3.05) is 30.4 Å². The molecule has 6 heterocycles. The Balaban J connectivity index is 1.50. The molecule has 0 bridgehead atoms. The molecular weight excluding hydrogens is 625 g/mol. The van der Waals surface area contributed by atoms with Gasteiger partial charge in [-0.1, -0.05) is 0 Å². The minimum Gasteiger partial charge on any atom is -0.475 e. The number of hydrogen-bond donors (Lipinski definition) is 3. The smallest absolute Gasteiger partial charge is 0.417 e. The van der Waals surface area contributed by atoms with Gasteiger partial charge in [-0.25, -0.2) is 18.7 Å². The lowest BCUT2D eigenvalue weighted by molar-refractivity contribution is -0.137. The zero-order chi connectivity index (χ0) is 33.2. The number of nitrogen functional groups attached to an aromatic ring is 1. The molecule has 0 radical (unpaired) electrons. The normalized spacial score (nSPS) is 18.9. The first-order valence-electron chi connectivity index (χ1n) is 15.1. The molecule has 16 heteroatoms. The predicted octanol–water partition coefficient (Wildman–Crippen LogP) is 5.63. The zero-order valence-electron chi connectivity index (χ0n) is 25.5. The molecule has 0 spiro atoms. The van der Waals surface area contributed by atoms with E-state index >= 15 is 4.39 Å². The molecular formula is C31H30F5N9O2. The highest BCUT2D eigenvalue weighted by atomic mass is 19.4. The van der Waals surface area contributed by atoms with Gasteiger partial charge in [-0.3, -0.25) is 5.10 Å². The number of aryl methyl sites for hydroxylation is 1. The first kappa shape index (κ1) is 30.8. The van der Waals surface area contributed by atoms with Crippen molar-refractivity contribution in [2.24, 2.45) is 0 Å². The first-order valence-corrected chi connectivity index (χ1v) is 15.1. The molecule has 2 aliphatic heterocycles. The van der Waals surface area contributed by atoms with Crippen molar-refractivity contribution in [1.29, 1.82) is 0 Å². The third-order valence-electron chi connectivity index (χ3n) is 8.72. The van der Waals surface area contributed by atoms with Crippen LogP contribution in [0.4, 0.5) is 33.6 Å². The van der Waals surface area contributed by atoms with Crippen LogP contribution in [-0.4, -0.2) is 62.0 Å². The summed E-state index contributed by atoms with van der Waals surface area (Å²) < 4.78 is 87.2. The molecule has 47 heavy (non-hydrogen) atoms. The molecule has 1 unspecified atom stereocenters. The maximum absolute atomic E-state index is 17.0. The summed E-state index contributed by atoms with van der Waals surface area (Å²) in [6, 6.07) is 1.19. The van der Waals surface area contributed by atoms with Crippen molar-refractivity contribution < 1.29 is 31.4 Å². The highest BCUT2D eigenvalue weighted by molar-refractivity contribution is 6.02. The number of halogens is 5. The van der Waals surface area contributed by atoms with Crippen LogP contribution in [0, 0.1) is 18.6 Å². The van der Waals surface area contributed by atoms with E-state index < -0.39 is 46.7 Å². The number of aromatic nitrogens is 6. The number of ether oxygens (including phenoxy) is 2. The van der Waals surface area contributed by atoms with Crippen LogP contribution in [0.2, 0.25) is 0 Å². The molecule has 1 saturated heterocycles. The van der Waals surface area contributed by atoms with Crippen molar-refractivity contribution in [2.45, 2.75) is 57.9 Å². The molecule has 5 aromatic rings. The van der Waals surface area contributed by atoms with E-state index in [0.29, 0.717) is 5.56 Å². The van der Waals surface area contributed by atoms with Gasteiger partial charge in [0.25, 0.3) is 0 Å². The van der Waals surface area contributed by atoms with Crippen LogP contribution < -0.4 is 25.4 Å². The van der Waals surface area contributed by atoms with Gasteiger partial charge in [0.15, 0.2) is 5.82 Å². The minimum atomic E-state index is -4.86. The molecule has 2 aliphatic rings. The van der Waals surface area contributed by atoms with Crippen molar-refractivity contribution in [1.82, 2.24) is 35.5 Å². The van der Waals surface area contributed by atoms with Crippen LogP contribution in [0.5, 0.6) is 11.9 Å². The monoisotopic (exact) mass is 655 g/mol. The fourth-order valence-corrected chi connectivity index (χ4v) is 6.54. The van der Waals surface area contributed by atoms with Crippen LogP contribution in [0.25, 0.3) is 33.1 Å². The second-order valence-electron chi connectivity index (χ2n) is 11.9. The van der Waals surface area contributed by atoms with Crippen LogP contribution in [0.3, 0.4) is 0 Å². The second kappa shape index (κ2) is 11.4. The lowest BCUT2D eigenvalue weighted by Crippen LogP contribution is -2.39. The molecule has 11 nitrogen and oxygen atoms in total.